The number of fused-ring (bicyclic) bond motifs is 1. The van der Waals surface area contributed by atoms with Gasteiger partial charge in [0.1, 0.15) is 6.61 Å². The number of aliphatic hydroxyl groups excluding tert-OH is 1. The van der Waals surface area contributed by atoms with Crippen LogP contribution in [-0.2, 0) is 13.0 Å². The lowest BCUT2D eigenvalue weighted by Gasteiger charge is -2.25. The summed E-state index contributed by atoms with van der Waals surface area (Å²) in [4.78, 5) is 10.7. The molecule has 0 saturated carbocycles. The molecular formula is C22H21N3OS. The van der Waals surface area contributed by atoms with E-state index in [4.69, 9.17) is 10.1 Å². The highest BCUT2D eigenvalue weighted by molar-refractivity contribution is 7.10. The van der Waals surface area contributed by atoms with E-state index in [1.807, 2.05) is 41.9 Å². The lowest BCUT2D eigenvalue weighted by Crippen LogP contribution is -2.25. The molecule has 0 fully saturated rings. The molecule has 1 unspecified atom stereocenters. The van der Waals surface area contributed by atoms with Gasteiger partial charge < -0.3 is 10.4 Å². The molecule has 4 nitrogen and oxygen atoms in total. The van der Waals surface area contributed by atoms with Crippen LogP contribution in [0.5, 0.6) is 0 Å². The van der Waals surface area contributed by atoms with E-state index in [0.29, 0.717) is 0 Å². The van der Waals surface area contributed by atoms with Crippen molar-refractivity contribution in [2.45, 2.75) is 31.8 Å². The summed E-state index contributed by atoms with van der Waals surface area (Å²) in [5.74, 6) is 6.45. The maximum Gasteiger partial charge on any atom is 0.159 e. The summed E-state index contributed by atoms with van der Waals surface area (Å²) in [6.45, 7) is 0.698. The van der Waals surface area contributed by atoms with Crippen LogP contribution >= 0.6 is 11.3 Å². The van der Waals surface area contributed by atoms with Gasteiger partial charge in [0.2, 0.25) is 0 Å². The van der Waals surface area contributed by atoms with Crippen molar-refractivity contribution in [2.75, 3.05) is 6.61 Å². The zero-order valence-electron chi connectivity index (χ0n) is 15.0. The van der Waals surface area contributed by atoms with Crippen molar-refractivity contribution in [2.24, 2.45) is 0 Å². The highest BCUT2D eigenvalue weighted by atomic mass is 32.1. The van der Waals surface area contributed by atoms with Gasteiger partial charge in [-0.05, 0) is 25.3 Å². The molecule has 2 aromatic heterocycles. The standard InChI is InChI=1S/C22H21N3OS/c26-11-5-6-16-12-18(27-15-16)13-23-20-9-4-10-21-19(20)14-24-22(25-21)17-7-2-1-3-8-17/h1-3,7-8,12,14-15,20,23,26H,4,9-11,13H2. The number of aryl methyl sites for hydroxylation is 1. The molecule has 4 rings (SSSR count). The largest absolute Gasteiger partial charge is 0.384 e. The predicted molar refractivity (Wildman–Crippen MR) is 108 cm³/mol. The van der Waals surface area contributed by atoms with Crippen LogP contribution in [0.2, 0.25) is 0 Å². The quantitative estimate of drug-likeness (QED) is 0.683. The molecule has 0 bridgehead atoms. The average Bonchev–Trinajstić information content (AvgIpc) is 3.18. The Balaban J connectivity index is 1.47. The average molecular weight is 375 g/mol. The van der Waals surface area contributed by atoms with Gasteiger partial charge in [-0.25, -0.2) is 9.97 Å². The smallest absolute Gasteiger partial charge is 0.159 e. The van der Waals surface area contributed by atoms with Crippen molar-refractivity contribution in [3.63, 3.8) is 0 Å². The van der Waals surface area contributed by atoms with Crippen LogP contribution in [0.1, 0.15) is 40.6 Å². The fraction of sp³-hybridized carbons (Fsp3) is 0.273. The third-order valence-corrected chi connectivity index (χ3v) is 5.64. The Morgan fingerprint density at radius 3 is 3.00 bits per heavy atom. The van der Waals surface area contributed by atoms with Crippen LogP contribution in [0.25, 0.3) is 11.4 Å². The van der Waals surface area contributed by atoms with E-state index in [0.717, 1.165) is 48.5 Å². The summed E-state index contributed by atoms with van der Waals surface area (Å²) in [5, 5.41) is 14.5. The molecule has 1 aromatic carbocycles. The zero-order valence-corrected chi connectivity index (χ0v) is 15.8. The molecule has 0 radical (unpaired) electrons. The van der Waals surface area contributed by atoms with Gasteiger partial charge in [-0.2, -0.15) is 0 Å². The molecular weight excluding hydrogens is 354 g/mol. The number of rotatable bonds is 4. The van der Waals surface area contributed by atoms with Crippen LogP contribution in [-0.4, -0.2) is 21.7 Å². The highest BCUT2D eigenvalue weighted by Crippen LogP contribution is 2.30. The van der Waals surface area contributed by atoms with Crippen LogP contribution in [0.4, 0.5) is 0 Å². The second kappa shape index (κ2) is 8.45. The monoisotopic (exact) mass is 375 g/mol. The second-order valence-corrected chi connectivity index (χ2v) is 7.54. The van der Waals surface area contributed by atoms with E-state index in [1.54, 1.807) is 11.3 Å². The maximum atomic E-state index is 8.80. The summed E-state index contributed by atoms with van der Waals surface area (Å²) >= 11 is 1.69. The highest BCUT2D eigenvalue weighted by Gasteiger charge is 2.22. The van der Waals surface area contributed by atoms with Gasteiger partial charge >= 0.3 is 0 Å². The van der Waals surface area contributed by atoms with E-state index in [9.17, 15) is 0 Å². The van der Waals surface area contributed by atoms with Crippen LogP contribution < -0.4 is 5.32 Å². The van der Waals surface area contributed by atoms with Crippen molar-refractivity contribution in [1.29, 1.82) is 0 Å². The van der Waals surface area contributed by atoms with Crippen LogP contribution in [0.15, 0.2) is 48.0 Å². The first-order valence-electron chi connectivity index (χ1n) is 9.15. The molecule has 2 heterocycles. The molecule has 0 saturated heterocycles. The topological polar surface area (TPSA) is 58.0 Å². The van der Waals surface area contributed by atoms with Gasteiger partial charge in [-0.15, -0.1) is 11.3 Å². The molecule has 5 heteroatoms. The van der Waals surface area contributed by atoms with E-state index in [-0.39, 0.29) is 12.6 Å². The zero-order chi connectivity index (χ0) is 18.5. The van der Waals surface area contributed by atoms with Gasteiger partial charge in [-0.3, -0.25) is 0 Å². The molecule has 1 atom stereocenters. The van der Waals surface area contributed by atoms with E-state index in [1.165, 1.54) is 10.4 Å². The lowest BCUT2D eigenvalue weighted by atomic mass is 9.92. The maximum absolute atomic E-state index is 8.80. The number of thiophene rings is 1. The van der Waals surface area contributed by atoms with Gasteiger partial charge in [0.25, 0.3) is 0 Å². The van der Waals surface area contributed by atoms with E-state index in [2.05, 4.69) is 28.2 Å². The Morgan fingerprint density at radius 1 is 1.26 bits per heavy atom. The van der Waals surface area contributed by atoms with Crippen molar-refractivity contribution < 1.29 is 5.11 Å². The second-order valence-electron chi connectivity index (χ2n) is 6.55. The van der Waals surface area contributed by atoms with Gasteiger partial charge in [0.05, 0.1) is 0 Å². The molecule has 27 heavy (non-hydrogen) atoms. The number of hydrogen-bond donors (Lipinski definition) is 2. The minimum atomic E-state index is -0.104. The number of nitrogens with zero attached hydrogens (tertiary/aromatic N) is 2. The number of nitrogens with one attached hydrogen (secondary N) is 1. The Morgan fingerprint density at radius 2 is 2.15 bits per heavy atom. The van der Waals surface area contributed by atoms with Crippen molar-refractivity contribution in [3.05, 3.63) is 69.7 Å². The first-order valence-corrected chi connectivity index (χ1v) is 10.0. The Labute approximate surface area is 163 Å². The van der Waals surface area contributed by atoms with E-state index < -0.39 is 0 Å². The Bertz CT molecular complexity index is 972. The fourth-order valence-electron chi connectivity index (χ4n) is 3.39. The lowest BCUT2D eigenvalue weighted by molar-refractivity contribution is 0.350. The molecule has 1 aliphatic rings. The minimum absolute atomic E-state index is 0.104. The summed E-state index contributed by atoms with van der Waals surface area (Å²) in [5.41, 5.74) is 4.40. The number of benzene rings is 1. The summed E-state index contributed by atoms with van der Waals surface area (Å²) in [6, 6.07) is 12.5. The van der Waals surface area contributed by atoms with Gasteiger partial charge in [0.15, 0.2) is 5.82 Å². The van der Waals surface area contributed by atoms with Crippen LogP contribution in [0.3, 0.4) is 0 Å². The molecule has 2 N–H and O–H groups in total. The van der Waals surface area contributed by atoms with E-state index >= 15 is 0 Å². The molecule has 1 aliphatic carbocycles. The van der Waals surface area contributed by atoms with Gasteiger partial charge in [-0.1, -0.05) is 42.2 Å². The summed E-state index contributed by atoms with van der Waals surface area (Å²) in [7, 11) is 0. The van der Waals surface area contributed by atoms with Crippen molar-refractivity contribution in [3.8, 4) is 23.2 Å². The number of hydrogen-bond acceptors (Lipinski definition) is 5. The fourth-order valence-corrected chi connectivity index (χ4v) is 4.16. The summed E-state index contributed by atoms with van der Waals surface area (Å²) in [6.07, 6.45) is 5.24. The third kappa shape index (κ3) is 4.25. The van der Waals surface area contributed by atoms with Crippen LogP contribution in [0, 0.1) is 11.8 Å². The first kappa shape index (κ1) is 17.9. The third-order valence-electron chi connectivity index (χ3n) is 4.70. The molecule has 3 aromatic rings. The van der Waals surface area contributed by atoms with Crippen molar-refractivity contribution in [1.82, 2.24) is 15.3 Å². The predicted octanol–water partition coefficient (Wildman–Crippen LogP) is 3.72. The Hall–Kier alpha value is -2.52. The number of aliphatic hydroxyl groups is 1. The molecule has 0 spiro atoms. The molecule has 0 amide bonds. The van der Waals surface area contributed by atoms with Gasteiger partial charge in [0, 0.05) is 51.4 Å². The number of aromatic nitrogens is 2. The normalized spacial score (nSPS) is 15.7. The first-order chi connectivity index (χ1) is 13.3. The van der Waals surface area contributed by atoms with Crippen molar-refractivity contribution >= 4 is 11.3 Å². The minimum Gasteiger partial charge on any atom is -0.384 e. The SMILES string of the molecule is OCC#Cc1csc(CNC2CCCc3nc(-c4ccccc4)ncc32)c1. The molecule has 0 aliphatic heterocycles. The molecule has 136 valence electrons. The Kier molecular flexibility index (Phi) is 5.59. The summed E-state index contributed by atoms with van der Waals surface area (Å²) < 4.78 is 0.